The van der Waals surface area contributed by atoms with Gasteiger partial charge in [0.05, 0.1) is 12.5 Å². The summed E-state index contributed by atoms with van der Waals surface area (Å²) >= 11 is 0. The van der Waals surface area contributed by atoms with Gasteiger partial charge in [0.1, 0.15) is 30.6 Å². The third-order valence-corrected chi connectivity index (χ3v) is 5.97. The Kier molecular flexibility index (Phi) is 9.43. The molecule has 3 atom stereocenters. The van der Waals surface area contributed by atoms with Crippen molar-refractivity contribution < 1.29 is 38.2 Å². The zero-order valence-corrected chi connectivity index (χ0v) is 21.8. The Morgan fingerprint density at radius 3 is 2.50 bits per heavy atom. The largest absolute Gasteiger partial charge is 0.460 e. The standard InChI is InChI=1S/C26H34N4O8/c1-26(2,3)38-22(33)14-18(15-31)27-23(34)20-10-7-13-29-21(32)12-11-19(24(35)30(20)29)28-25(36)37-16-17-8-5-4-6-9-17/h4-6,8-9,15,18-20H,7,10-14,16H2,1-3H3,(H,27,34)(H,28,36)/t18-,19-,20-/m0/s1. The van der Waals surface area contributed by atoms with Gasteiger partial charge in [-0.05, 0) is 45.6 Å². The third kappa shape index (κ3) is 7.77. The predicted octanol–water partition coefficient (Wildman–Crippen LogP) is 1.23. The number of esters is 1. The molecule has 2 heterocycles. The maximum Gasteiger partial charge on any atom is 0.408 e. The minimum Gasteiger partial charge on any atom is -0.460 e. The zero-order valence-electron chi connectivity index (χ0n) is 21.8. The fraction of sp³-hybridized carbons (Fsp3) is 0.538. The number of nitrogens with one attached hydrogen (secondary N) is 2. The molecule has 206 valence electrons. The van der Waals surface area contributed by atoms with Gasteiger partial charge in [-0.2, -0.15) is 0 Å². The number of benzene rings is 1. The molecule has 1 aromatic rings. The molecule has 1 aromatic carbocycles. The maximum atomic E-state index is 13.5. The van der Waals surface area contributed by atoms with E-state index in [0.29, 0.717) is 12.7 Å². The van der Waals surface area contributed by atoms with Crippen molar-refractivity contribution in [1.29, 1.82) is 0 Å². The van der Waals surface area contributed by atoms with E-state index in [2.05, 4.69) is 10.6 Å². The number of rotatable bonds is 8. The number of amides is 4. The van der Waals surface area contributed by atoms with E-state index >= 15 is 0 Å². The van der Waals surface area contributed by atoms with Gasteiger partial charge in [-0.15, -0.1) is 0 Å². The molecule has 2 saturated heterocycles. The van der Waals surface area contributed by atoms with Gasteiger partial charge in [0.2, 0.25) is 11.8 Å². The SMILES string of the molecule is CC(C)(C)OC(=O)C[C@@H](C=O)NC(=O)[C@@H]1CCCN2C(=O)CC[C@H](NC(=O)OCc3ccccc3)C(=O)N12. The van der Waals surface area contributed by atoms with Gasteiger partial charge < -0.3 is 24.9 Å². The molecule has 3 rings (SSSR count). The van der Waals surface area contributed by atoms with Gasteiger partial charge in [0.25, 0.3) is 5.91 Å². The minimum atomic E-state index is -1.17. The molecule has 12 heteroatoms. The number of nitrogens with zero attached hydrogens (tertiary/aromatic N) is 2. The van der Waals surface area contributed by atoms with Crippen LogP contribution in [0.1, 0.15) is 58.4 Å². The Labute approximate surface area is 221 Å². The van der Waals surface area contributed by atoms with Crippen LogP contribution in [0.3, 0.4) is 0 Å². The number of hydrogen-bond acceptors (Lipinski definition) is 8. The lowest BCUT2D eigenvalue weighted by atomic mass is 10.0. The average molecular weight is 531 g/mol. The first-order chi connectivity index (χ1) is 18.0. The first-order valence-corrected chi connectivity index (χ1v) is 12.6. The third-order valence-electron chi connectivity index (χ3n) is 5.97. The molecule has 4 amide bonds. The van der Waals surface area contributed by atoms with Crippen LogP contribution in [-0.2, 0) is 40.1 Å². The molecule has 0 radical (unpaired) electrons. The second kappa shape index (κ2) is 12.5. The minimum absolute atomic E-state index is 0.00187. The molecule has 0 saturated carbocycles. The van der Waals surface area contributed by atoms with Crippen molar-refractivity contribution in [3.63, 3.8) is 0 Å². The van der Waals surface area contributed by atoms with Gasteiger partial charge in [0, 0.05) is 13.0 Å². The Bertz CT molecular complexity index is 1060. The number of carbonyl (C=O) groups excluding carboxylic acids is 6. The van der Waals surface area contributed by atoms with Crippen molar-refractivity contribution in [2.24, 2.45) is 0 Å². The van der Waals surface area contributed by atoms with E-state index in [9.17, 15) is 28.8 Å². The fourth-order valence-electron chi connectivity index (χ4n) is 4.29. The van der Waals surface area contributed by atoms with E-state index in [1.54, 1.807) is 45.0 Å². The summed E-state index contributed by atoms with van der Waals surface area (Å²) in [5, 5.41) is 7.28. The van der Waals surface area contributed by atoms with E-state index in [1.165, 1.54) is 5.01 Å². The van der Waals surface area contributed by atoms with Crippen molar-refractivity contribution in [3.05, 3.63) is 35.9 Å². The lowest BCUT2D eigenvalue weighted by Crippen LogP contribution is -2.64. The van der Waals surface area contributed by atoms with Gasteiger partial charge in [-0.25, -0.2) is 9.80 Å². The molecule has 12 nitrogen and oxygen atoms in total. The summed E-state index contributed by atoms with van der Waals surface area (Å²) in [4.78, 5) is 75.6. The van der Waals surface area contributed by atoms with Crippen LogP contribution in [-0.4, -0.2) is 76.4 Å². The van der Waals surface area contributed by atoms with Gasteiger partial charge in [-0.1, -0.05) is 30.3 Å². The van der Waals surface area contributed by atoms with Crippen LogP contribution in [0.4, 0.5) is 4.79 Å². The quantitative estimate of drug-likeness (QED) is 0.376. The van der Waals surface area contributed by atoms with E-state index in [1.807, 2.05) is 6.07 Å². The predicted molar refractivity (Wildman–Crippen MR) is 133 cm³/mol. The summed E-state index contributed by atoms with van der Waals surface area (Å²) in [5.74, 6) is -2.36. The molecule has 0 aromatic heterocycles. The fourth-order valence-corrected chi connectivity index (χ4v) is 4.29. The lowest BCUT2D eigenvalue weighted by molar-refractivity contribution is -0.176. The van der Waals surface area contributed by atoms with Crippen LogP contribution in [0.5, 0.6) is 0 Å². The summed E-state index contributed by atoms with van der Waals surface area (Å²) in [5.41, 5.74) is 0.00154. The Hall–Kier alpha value is -3.96. The summed E-state index contributed by atoms with van der Waals surface area (Å²) in [6, 6.07) is 5.63. The second-order valence-electron chi connectivity index (χ2n) is 10.2. The lowest BCUT2D eigenvalue weighted by Gasteiger charge is -2.43. The molecule has 2 aliphatic rings. The van der Waals surface area contributed by atoms with Crippen molar-refractivity contribution in [2.75, 3.05) is 6.54 Å². The van der Waals surface area contributed by atoms with Crippen LogP contribution >= 0.6 is 0 Å². The highest BCUT2D eigenvalue weighted by atomic mass is 16.6. The number of fused-ring (bicyclic) bond motifs is 1. The molecule has 0 unspecified atom stereocenters. The highest BCUT2D eigenvalue weighted by molar-refractivity contribution is 5.95. The normalized spacial score (nSPS) is 20.5. The van der Waals surface area contributed by atoms with Crippen LogP contribution in [0.25, 0.3) is 0 Å². The Morgan fingerprint density at radius 1 is 1.13 bits per heavy atom. The number of ether oxygens (including phenoxy) is 2. The average Bonchev–Trinajstić information content (AvgIpc) is 2.98. The summed E-state index contributed by atoms with van der Waals surface area (Å²) in [7, 11) is 0. The van der Waals surface area contributed by atoms with Crippen molar-refractivity contribution in [2.45, 2.75) is 83.2 Å². The maximum absolute atomic E-state index is 13.5. The van der Waals surface area contributed by atoms with Crippen LogP contribution < -0.4 is 10.6 Å². The molecular weight excluding hydrogens is 496 g/mol. The summed E-state index contributed by atoms with van der Waals surface area (Å²) in [6.07, 6.45) is -0.0968. The summed E-state index contributed by atoms with van der Waals surface area (Å²) < 4.78 is 10.4. The van der Waals surface area contributed by atoms with E-state index in [-0.39, 0.29) is 44.7 Å². The van der Waals surface area contributed by atoms with Gasteiger partial charge in [0.15, 0.2) is 0 Å². The van der Waals surface area contributed by atoms with Crippen LogP contribution in [0.15, 0.2) is 30.3 Å². The van der Waals surface area contributed by atoms with E-state index in [0.717, 1.165) is 10.6 Å². The monoisotopic (exact) mass is 530 g/mol. The molecule has 0 spiro atoms. The van der Waals surface area contributed by atoms with Crippen molar-refractivity contribution in [1.82, 2.24) is 20.7 Å². The first-order valence-electron chi connectivity index (χ1n) is 12.6. The second-order valence-corrected chi connectivity index (χ2v) is 10.2. The first kappa shape index (κ1) is 28.6. The van der Waals surface area contributed by atoms with Crippen LogP contribution in [0, 0.1) is 0 Å². The van der Waals surface area contributed by atoms with Gasteiger partial charge >= 0.3 is 12.1 Å². The van der Waals surface area contributed by atoms with E-state index < -0.39 is 47.6 Å². The molecular formula is C26H34N4O8. The zero-order chi connectivity index (χ0) is 27.9. The van der Waals surface area contributed by atoms with Crippen LogP contribution in [0.2, 0.25) is 0 Å². The Morgan fingerprint density at radius 2 is 1.84 bits per heavy atom. The van der Waals surface area contributed by atoms with E-state index in [4.69, 9.17) is 9.47 Å². The molecule has 2 fully saturated rings. The van der Waals surface area contributed by atoms with Crippen molar-refractivity contribution in [3.8, 4) is 0 Å². The number of aldehydes is 1. The smallest absolute Gasteiger partial charge is 0.408 e. The van der Waals surface area contributed by atoms with Gasteiger partial charge in [-0.3, -0.25) is 24.2 Å². The molecule has 0 bridgehead atoms. The van der Waals surface area contributed by atoms with Crippen molar-refractivity contribution >= 4 is 36.1 Å². The molecule has 2 N–H and O–H groups in total. The summed E-state index contributed by atoms with van der Waals surface area (Å²) in [6.45, 7) is 5.27. The molecule has 2 aliphatic heterocycles. The number of hydrazine groups is 1. The highest BCUT2D eigenvalue weighted by Gasteiger charge is 2.45. The molecule has 38 heavy (non-hydrogen) atoms. The number of carbonyl (C=O) groups is 6. The molecule has 0 aliphatic carbocycles. The Balaban J connectivity index is 1.68. The number of hydrogen-bond donors (Lipinski definition) is 2. The topological polar surface area (TPSA) is 151 Å². The number of alkyl carbamates (subject to hydrolysis) is 1. The highest BCUT2D eigenvalue weighted by Crippen LogP contribution is 2.25.